The zero-order valence-electron chi connectivity index (χ0n) is 16.7. The van der Waals surface area contributed by atoms with Gasteiger partial charge in [-0.1, -0.05) is 29.8 Å². The fourth-order valence-electron chi connectivity index (χ4n) is 2.99. The predicted molar refractivity (Wildman–Crippen MR) is 113 cm³/mol. The highest BCUT2D eigenvalue weighted by Gasteiger charge is 2.12. The summed E-state index contributed by atoms with van der Waals surface area (Å²) in [7, 11) is 0. The minimum Gasteiger partial charge on any atom is -0.382 e. The lowest BCUT2D eigenvalue weighted by molar-refractivity contribution is -0.116. The second kappa shape index (κ2) is 9.33. The Balaban J connectivity index is 1.85. The van der Waals surface area contributed by atoms with Crippen molar-refractivity contribution in [3.63, 3.8) is 0 Å². The summed E-state index contributed by atoms with van der Waals surface area (Å²) in [4.78, 5) is 17.0. The number of imidazole rings is 1. The molecule has 3 aromatic rings. The number of pyridine rings is 1. The number of carbonyl (C=O) groups excluding carboxylic acids is 1. The summed E-state index contributed by atoms with van der Waals surface area (Å²) < 4.78 is 7.30. The summed E-state index contributed by atoms with van der Waals surface area (Å²) in [5.74, 6) is -0.117. The van der Waals surface area contributed by atoms with E-state index in [4.69, 9.17) is 9.72 Å². The molecule has 1 aromatic carbocycles. The van der Waals surface area contributed by atoms with Crippen molar-refractivity contribution in [2.45, 2.75) is 27.2 Å². The molecule has 0 aliphatic carbocycles. The summed E-state index contributed by atoms with van der Waals surface area (Å²) in [6.07, 6.45) is 6.20. The standard InChI is InChI=1S/C23H27N3O2/c1-4-28-15-5-13-24-22(27)11-10-20-23(19-8-6-17(2)7-9-19)25-21-16-18(3)12-14-26(20)21/h6-12,14,16H,4-5,13,15H2,1-3H3,(H,24,27)/b11-10+. The highest BCUT2D eigenvalue weighted by molar-refractivity contribution is 5.92. The largest absolute Gasteiger partial charge is 0.382 e. The number of hydrogen-bond acceptors (Lipinski definition) is 3. The van der Waals surface area contributed by atoms with Gasteiger partial charge in [0.05, 0.1) is 11.4 Å². The number of ether oxygens (including phenoxy) is 1. The Morgan fingerprint density at radius 3 is 2.71 bits per heavy atom. The maximum Gasteiger partial charge on any atom is 0.244 e. The second-order valence-corrected chi connectivity index (χ2v) is 6.82. The van der Waals surface area contributed by atoms with Crippen LogP contribution in [0, 0.1) is 13.8 Å². The van der Waals surface area contributed by atoms with Crippen LogP contribution in [0.4, 0.5) is 0 Å². The first-order valence-corrected chi connectivity index (χ1v) is 9.68. The number of hydrogen-bond donors (Lipinski definition) is 1. The van der Waals surface area contributed by atoms with E-state index in [0.29, 0.717) is 19.8 Å². The van der Waals surface area contributed by atoms with Gasteiger partial charge < -0.3 is 10.1 Å². The van der Waals surface area contributed by atoms with E-state index in [1.807, 2.05) is 42.7 Å². The van der Waals surface area contributed by atoms with Crippen LogP contribution in [-0.2, 0) is 9.53 Å². The fourth-order valence-corrected chi connectivity index (χ4v) is 2.99. The van der Waals surface area contributed by atoms with Gasteiger partial charge in [-0.3, -0.25) is 9.20 Å². The molecule has 28 heavy (non-hydrogen) atoms. The Kier molecular flexibility index (Phi) is 6.61. The van der Waals surface area contributed by atoms with E-state index in [1.165, 1.54) is 5.56 Å². The Bertz CT molecular complexity index is 971. The Morgan fingerprint density at radius 2 is 1.96 bits per heavy atom. The quantitative estimate of drug-likeness (QED) is 0.473. The molecule has 0 bridgehead atoms. The normalized spacial score (nSPS) is 11.4. The number of fused-ring (bicyclic) bond motifs is 1. The summed E-state index contributed by atoms with van der Waals surface area (Å²) in [6, 6.07) is 12.4. The van der Waals surface area contributed by atoms with Crippen LogP contribution in [0.5, 0.6) is 0 Å². The van der Waals surface area contributed by atoms with Crippen LogP contribution in [0.25, 0.3) is 23.0 Å². The van der Waals surface area contributed by atoms with E-state index in [2.05, 4.69) is 36.5 Å². The average Bonchev–Trinajstić information content (AvgIpc) is 3.04. The van der Waals surface area contributed by atoms with Crippen molar-refractivity contribution in [2.75, 3.05) is 19.8 Å². The molecule has 0 aliphatic rings. The number of amides is 1. The number of aryl methyl sites for hydroxylation is 2. The average molecular weight is 377 g/mol. The number of nitrogens with one attached hydrogen (secondary N) is 1. The smallest absolute Gasteiger partial charge is 0.244 e. The Labute approximate surface area is 166 Å². The first-order valence-electron chi connectivity index (χ1n) is 9.68. The number of aromatic nitrogens is 2. The van der Waals surface area contributed by atoms with Gasteiger partial charge in [-0.15, -0.1) is 0 Å². The van der Waals surface area contributed by atoms with Gasteiger partial charge in [0.1, 0.15) is 5.65 Å². The zero-order chi connectivity index (χ0) is 19.9. The molecule has 146 valence electrons. The SMILES string of the molecule is CCOCCCNC(=O)/C=C/c1c(-c2ccc(C)cc2)nc2cc(C)ccn12. The maximum atomic E-state index is 12.2. The van der Waals surface area contributed by atoms with Crippen molar-refractivity contribution in [3.05, 3.63) is 65.5 Å². The van der Waals surface area contributed by atoms with E-state index in [1.54, 1.807) is 6.08 Å². The van der Waals surface area contributed by atoms with Gasteiger partial charge in [0.25, 0.3) is 0 Å². The van der Waals surface area contributed by atoms with Crippen molar-refractivity contribution in [1.82, 2.24) is 14.7 Å². The minimum absolute atomic E-state index is 0.117. The fraction of sp³-hybridized carbons (Fsp3) is 0.304. The van der Waals surface area contributed by atoms with Crippen molar-refractivity contribution in [3.8, 4) is 11.3 Å². The summed E-state index contributed by atoms with van der Waals surface area (Å²) in [5, 5.41) is 2.89. The van der Waals surface area contributed by atoms with Crippen LogP contribution in [-0.4, -0.2) is 35.1 Å². The molecule has 2 aromatic heterocycles. The van der Waals surface area contributed by atoms with E-state index >= 15 is 0 Å². The van der Waals surface area contributed by atoms with Gasteiger partial charge in [-0.05, 0) is 51.0 Å². The van der Waals surface area contributed by atoms with Crippen LogP contribution in [0.15, 0.2) is 48.7 Å². The molecule has 3 rings (SSSR count). The lowest BCUT2D eigenvalue weighted by atomic mass is 10.1. The van der Waals surface area contributed by atoms with Crippen LogP contribution in [0.2, 0.25) is 0 Å². The lowest BCUT2D eigenvalue weighted by Gasteiger charge is -2.04. The molecule has 0 spiro atoms. The Morgan fingerprint density at radius 1 is 1.18 bits per heavy atom. The molecule has 1 N–H and O–H groups in total. The molecular formula is C23H27N3O2. The highest BCUT2D eigenvalue weighted by Crippen LogP contribution is 2.26. The third-order valence-corrected chi connectivity index (χ3v) is 4.50. The van der Waals surface area contributed by atoms with Crippen LogP contribution in [0.3, 0.4) is 0 Å². The maximum absolute atomic E-state index is 12.2. The van der Waals surface area contributed by atoms with Gasteiger partial charge in [0, 0.05) is 37.6 Å². The molecule has 5 heteroatoms. The third kappa shape index (κ3) is 4.87. The first kappa shape index (κ1) is 19.8. The van der Waals surface area contributed by atoms with Gasteiger partial charge in [0.15, 0.2) is 0 Å². The molecule has 0 saturated carbocycles. The summed E-state index contributed by atoms with van der Waals surface area (Å²) in [6.45, 7) is 8.03. The number of benzene rings is 1. The van der Waals surface area contributed by atoms with Crippen molar-refractivity contribution < 1.29 is 9.53 Å². The molecule has 0 unspecified atom stereocenters. The van der Waals surface area contributed by atoms with Crippen molar-refractivity contribution in [1.29, 1.82) is 0 Å². The van der Waals surface area contributed by atoms with Crippen LogP contribution >= 0.6 is 0 Å². The first-order chi connectivity index (χ1) is 13.6. The zero-order valence-corrected chi connectivity index (χ0v) is 16.7. The van der Waals surface area contributed by atoms with Crippen molar-refractivity contribution >= 4 is 17.6 Å². The van der Waals surface area contributed by atoms with E-state index in [9.17, 15) is 4.79 Å². The van der Waals surface area contributed by atoms with Gasteiger partial charge in [-0.25, -0.2) is 4.98 Å². The molecular weight excluding hydrogens is 350 g/mol. The van der Waals surface area contributed by atoms with Gasteiger partial charge in [0.2, 0.25) is 5.91 Å². The Hall–Kier alpha value is -2.92. The van der Waals surface area contributed by atoms with E-state index < -0.39 is 0 Å². The molecule has 0 fully saturated rings. The third-order valence-electron chi connectivity index (χ3n) is 4.50. The highest BCUT2D eigenvalue weighted by atomic mass is 16.5. The minimum atomic E-state index is -0.117. The van der Waals surface area contributed by atoms with Crippen LogP contribution < -0.4 is 5.32 Å². The second-order valence-electron chi connectivity index (χ2n) is 6.82. The number of rotatable bonds is 8. The monoisotopic (exact) mass is 377 g/mol. The summed E-state index contributed by atoms with van der Waals surface area (Å²) >= 11 is 0. The predicted octanol–water partition coefficient (Wildman–Crippen LogP) is 4.17. The molecule has 5 nitrogen and oxygen atoms in total. The molecule has 2 heterocycles. The van der Waals surface area contributed by atoms with Crippen LogP contribution in [0.1, 0.15) is 30.2 Å². The summed E-state index contributed by atoms with van der Waals surface area (Å²) in [5.41, 5.74) is 6.01. The van der Waals surface area contributed by atoms with E-state index in [-0.39, 0.29) is 5.91 Å². The molecule has 0 radical (unpaired) electrons. The molecule has 0 saturated heterocycles. The molecule has 1 amide bonds. The number of nitrogens with zero attached hydrogens (tertiary/aromatic N) is 2. The molecule has 0 aliphatic heterocycles. The van der Waals surface area contributed by atoms with Crippen molar-refractivity contribution in [2.24, 2.45) is 0 Å². The van der Waals surface area contributed by atoms with E-state index in [0.717, 1.165) is 34.6 Å². The van der Waals surface area contributed by atoms with Gasteiger partial charge in [-0.2, -0.15) is 0 Å². The molecule has 0 atom stereocenters. The lowest BCUT2D eigenvalue weighted by Crippen LogP contribution is -2.23. The number of carbonyl (C=O) groups is 1. The topological polar surface area (TPSA) is 55.6 Å². The van der Waals surface area contributed by atoms with Gasteiger partial charge >= 0.3 is 0 Å².